The molecule has 0 amide bonds. The zero-order chi connectivity index (χ0) is 13.8. The van der Waals surface area contributed by atoms with Crippen LogP contribution in [0, 0.1) is 18.2 Å². The Bertz CT molecular complexity index is 576. The Labute approximate surface area is 213 Å². The summed E-state index contributed by atoms with van der Waals surface area (Å²) in [5.41, 5.74) is 1.26. The smallest absolute Gasteiger partial charge is 0.0745 e. The molecule has 1 N–H and O–H groups in total. The van der Waals surface area contributed by atoms with Gasteiger partial charge in [-0.25, -0.2) is 0 Å². The van der Waals surface area contributed by atoms with E-state index in [9.17, 15) is 5.11 Å². The van der Waals surface area contributed by atoms with Crippen LogP contribution in [0.3, 0.4) is 0 Å². The van der Waals surface area contributed by atoms with Gasteiger partial charge in [0.1, 0.15) is 0 Å². The molecule has 0 spiro atoms. The minimum Gasteiger partial charge on any atom is -0.383 e. The summed E-state index contributed by atoms with van der Waals surface area (Å²) in [5, 5.41) is 11.4. The molecule has 0 aliphatic heterocycles. The van der Waals surface area contributed by atoms with E-state index >= 15 is 0 Å². The van der Waals surface area contributed by atoms with E-state index in [1.165, 1.54) is 0 Å². The second-order valence-electron chi connectivity index (χ2n) is 4.58. The zero-order valence-corrected chi connectivity index (χ0v) is 21.1. The molecule has 3 aromatic carbocycles. The fraction of sp³-hybridized carbons (Fsp3) is 0.0526. The summed E-state index contributed by atoms with van der Waals surface area (Å²) < 4.78 is 0. The van der Waals surface area contributed by atoms with Gasteiger partial charge in [0.25, 0.3) is 0 Å². The average Bonchev–Trinajstić information content (AvgIpc) is 2.56. The monoisotopic (exact) mass is 524 g/mol. The maximum atomic E-state index is 11.4. The number of rotatable bonds is 3. The molecule has 0 unspecified atom stereocenters. The van der Waals surface area contributed by atoms with Crippen molar-refractivity contribution >= 4 is 0 Å². The summed E-state index contributed by atoms with van der Waals surface area (Å²) in [7, 11) is 0. The van der Waals surface area contributed by atoms with E-state index in [0.29, 0.717) is 0 Å². The van der Waals surface area contributed by atoms with Gasteiger partial charge in [0.2, 0.25) is 0 Å². The molecule has 0 aromatic heterocycles. The van der Waals surface area contributed by atoms with Crippen LogP contribution in [0.25, 0.3) is 0 Å². The van der Waals surface area contributed by atoms with E-state index < -0.39 is 5.60 Å². The molecule has 0 saturated heterocycles. The quantitative estimate of drug-likeness (QED) is 0.412. The Morgan fingerprint density at radius 3 is 0.957 bits per heavy atom. The predicted octanol–water partition coefficient (Wildman–Crippen LogP) is 3.36. The van der Waals surface area contributed by atoms with E-state index in [0.717, 1.165) is 16.7 Å². The van der Waals surface area contributed by atoms with Crippen LogP contribution in [0.4, 0.5) is 0 Å². The number of hydrogen-bond donors (Lipinski definition) is 1. The molecule has 0 fully saturated rings. The third-order valence-electron chi connectivity index (χ3n) is 3.41. The molecule has 3 rings (SSSR count). The SMILES string of the molecule is OC(c1cc[c-]cc1)(c1cc[c-]cc1)c1cc[c-]cc1.[Y].[Y].[Y]. The zero-order valence-electron chi connectivity index (χ0n) is 12.6. The first-order valence-corrected chi connectivity index (χ1v) is 6.44. The molecule has 0 atom stereocenters. The van der Waals surface area contributed by atoms with Gasteiger partial charge in [-0.1, -0.05) is 0 Å². The summed E-state index contributed by atoms with van der Waals surface area (Å²) >= 11 is 0. The van der Waals surface area contributed by atoms with Gasteiger partial charge in [0, 0.05) is 98.1 Å². The van der Waals surface area contributed by atoms with Crippen LogP contribution < -0.4 is 0 Å². The minimum atomic E-state index is -1.18. The second-order valence-corrected chi connectivity index (χ2v) is 4.58. The van der Waals surface area contributed by atoms with Gasteiger partial charge in [-0.2, -0.15) is 91.0 Å². The fourth-order valence-corrected chi connectivity index (χ4v) is 2.38. The van der Waals surface area contributed by atoms with E-state index in [1.54, 1.807) is 0 Å². The van der Waals surface area contributed by atoms with Gasteiger partial charge < -0.3 is 5.11 Å². The summed E-state index contributed by atoms with van der Waals surface area (Å²) in [6.45, 7) is 0. The third-order valence-corrected chi connectivity index (χ3v) is 3.41. The van der Waals surface area contributed by atoms with Crippen molar-refractivity contribution in [2.45, 2.75) is 5.60 Å². The molecule has 3 radical (unpaired) electrons. The van der Waals surface area contributed by atoms with Crippen molar-refractivity contribution < 1.29 is 103 Å². The van der Waals surface area contributed by atoms with Crippen LogP contribution in [0.2, 0.25) is 0 Å². The number of aliphatic hydroxyl groups is 1. The number of hydrogen-bond acceptors (Lipinski definition) is 1. The molecule has 107 valence electrons. The van der Waals surface area contributed by atoms with Gasteiger partial charge in [-0.05, 0) is 0 Å². The van der Waals surface area contributed by atoms with E-state index in [4.69, 9.17) is 0 Å². The van der Waals surface area contributed by atoms with Crippen molar-refractivity contribution in [3.63, 3.8) is 0 Å². The minimum absolute atomic E-state index is 0. The first-order chi connectivity index (χ1) is 9.82. The molecular formula is C19H13OY3-3. The molecule has 0 aliphatic rings. The summed E-state index contributed by atoms with van der Waals surface area (Å²) in [6.07, 6.45) is 0. The maximum Gasteiger partial charge on any atom is 0.0745 e. The maximum absolute atomic E-state index is 11.4. The normalized spacial score (nSPS) is 9.78. The van der Waals surface area contributed by atoms with Crippen molar-refractivity contribution in [1.29, 1.82) is 0 Å². The van der Waals surface area contributed by atoms with Crippen LogP contribution in [0.1, 0.15) is 16.7 Å². The van der Waals surface area contributed by atoms with Crippen LogP contribution in [-0.4, -0.2) is 5.11 Å². The fourth-order valence-electron chi connectivity index (χ4n) is 2.38. The second kappa shape index (κ2) is 11.5. The topological polar surface area (TPSA) is 20.2 Å². The molecular weight excluding hydrogens is 511 g/mol. The Balaban J connectivity index is 0.00000161. The summed E-state index contributed by atoms with van der Waals surface area (Å²) in [5.74, 6) is 0. The molecule has 3 aromatic rings. The first kappa shape index (κ1) is 23.9. The first-order valence-electron chi connectivity index (χ1n) is 6.44. The van der Waals surface area contributed by atoms with E-state index in [-0.39, 0.29) is 98.1 Å². The summed E-state index contributed by atoms with van der Waals surface area (Å²) in [6, 6.07) is 31.1. The molecule has 0 bridgehead atoms. The van der Waals surface area contributed by atoms with Gasteiger partial charge in [0.15, 0.2) is 0 Å². The van der Waals surface area contributed by atoms with Crippen molar-refractivity contribution in [3.8, 4) is 0 Å². The Kier molecular flexibility index (Phi) is 12.0. The van der Waals surface area contributed by atoms with Crippen LogP contribution in [-0.2, 0) is 104 Å². The third kappa shape index (κ3) is 5.45. The van der Waals surface area contributed by atoms with Crippen LogP contribution >= 0.6 is 0 Å². The van der Waals surface area contributed by atoms with Gasteiger partial charge >= 0.3 is 0 Å². The predicted molar refractivity (Wildman–Crippen MR) is 77.9 cm³/mol. The van der Waals surface area contributed by atoms with E-state index in [1.807, 2.05) is 72.8 Å². The van der Waals surface area contributed by atoms with Crippen molar-refractivity contribution in [2.24, 2.45) is 0 Å². The van der Waals surface area contributed by atoms with Gasteiger partial charge in [0.05, 0.1) is 5.60 Å². The van der Waals surface area contributed by atoms with Crippen LogP contribution in [0.15, 0.2) is 72.8 Å². The van der Waals surface area contributed by atoms with Crippen molar-refractivity contribution in [2.75, 3.05) is 0 Å². The number of benzene rings is 3. The Morgan fingerprint density at radius 1 is 0.522 bits per heavy atom. The van der Waals surface area contributed by atoms with Gasteiger partial charge in [-0.15, -0.1) is 16.7 Å². The Hall–Kier alpha value is 0.932. The molecule has 0 heterocycles. The van der Waals surface area contributed by atoms with Crippen molar-refractivity contribution in [1.82, 2.24) is 0 Å². The molecule has 23 heavy (non-hydrogen) atoms. The molecule has 1 nitrogen and oxygen atoms in total. The van der Waals surface area contributed by atoms with Gasteiger partial charge in [-0.3, -0.25) is 0 Å². The van der Waals surface area contributed by atoms with Crippen LogP contribution in [0.5, 0.6) is 0 Å². The largest absolute Gasteiger partial charge is 0.383 e. The van der Waals surface area contributed by atoms with Crippen molar-refractivity contribution in [3.05, 3.63) is 108 Å². The Morgan fingerprint density at radius 2 is 0.739 bits per heavy atom. The summed E-state index contributed by atoms with van der Waals surface area (Å²) in [4.78, 5) is 0. The average molecular weight is 524 g/mol. The molecule has 0 aliphatic carbocycles. The standard InChI is InChI=1S/C19H13O.3Y/c20-19(16-10-4-1-5-11-16,17-12-6-2-7-13-17)18-14-8-3-9-15-18;;;/h4-15,20H;;;/q-3;;;. The van der Waals surface area contributed by atoms with E-state index in [2.05, 4.69) is 18.2 Å². The molecule has 0 saturated carbocycles. The molecule has 4 heteroatoms.